The maximum Gasteiger partial charge on any atom is -0.0197 e. The monoisotopic (exact) mass is 162 g/mol. The predicted octanol–water partition coefficient (Wildman–Crippen LogP) is 3.89. The molecular weight excluding hydrogens is 144 g/mol. The molecule has 0 saturated carbocycles. The molecule has 0 aromatic carbocycles. The highest BCUT2D eigenvalue weighted by Gasteiger charge is 2.01. The van der Waals surface area contributed by atoms with Crippen LogP contribution in [0.3, 0.4) is 0 Å². The summed E-state index contributed by atoms with van der Waals surface area (Å²) in [5.74, 6) is 0.520. The lowest BCUT2D eigenvalue weighted by Crippen LogP contribution is -1.95. The summed E-state index contributed by atoms with van der Waals surface area (Å²) in [5, 5.41) is 0. The van der Waals surface area contributed by atoms with Gasteiger partial charge in [0.25, 0.3) is 0 Å². The van der Waals surface area contributed by atoms with Gasteiger partial charge in [0, 0.05) is 0 Å². The SMILES string of the molecule is C=C/C=C\C(=C)CC(C)C(=C)C. The van der Waals surface area contributed by atoms with Gasteiger partial charge in [-0.1, -0.05) is 56.0 Å². The molecule has 0 bridgehead atoms. The van der Waals surface area contributed by atoms with Crippen LogP contribution in [0, 0.1) is 5.92 Å². The van der Waals surface area contributed by atoms with Gasteiger partial charge in [0.15, 0.2) is 0 Å². The predicted molar refractivity (Wildman–Crippen MR) is 57.1 cm³/mol. The largest absolute Gasteiger partial charge is 0.0999 e. The molecule has 0 aliphatic carbocycles. The van der Waals surface area contributed by atoms with E-state index in [-0.39, 0.29) is 0 Å². The quantitative estimate of drug-likeness (QED) is 0.425. The summed E-state index contributed by atoms with van der Waals surface area (Å²) in [7, 11) is 0. The maximum absolute atomic E-state index is 3.94. The zero-order valence-electron chi connectivity index (χ0n) is 8.14. The summed E-state index contributed by atoms with van der Waals surface area (Å²) < 4.78 is 0. The first kappa shape index (κ1) is 11.0. The van der Waals surface area contributed by atoms with Crippen LogP contribution in [0.5, 0.6) is 0 Å². The van der Waals surface area contributed by atoms with Crippen LogP contribution in [-0.4, -0.2) is 0 Å². The molecule has 0 aliphatic heterocycles. The summed E-state index contributed by atoms with van der Waals surface area (Å²) in [6.45, 7) is 15.7. The molecule has 0 heteroatoms. The van der Waals surface area contributed by atoms with Crippen molar-refractivity contribution in [3.05, 3.63) is 49.1 Å². The Morgan fingerprint density at radius 3 is 2.42 bits per heavy atom. The Morgan fingerprint density at radius 1 is 1.42 bits per heavy atom. The summed E-state index contributed by atoms with van der Waals surface area (Å²) in [5.41, 5.74) is 2.34. The molecule has 1 atom stereocenters. The van der Waals surface area contributed by atoms with Crippen molar-refractivity contribution in [2.75, 3.05) is 0 Å². The van der Waals surface area contributed by atoms with Crippen molar-refractivity contribution in [3.8, 4) is 0 Å². The van der Waals surface area contributed by atoms with Gasteiger partial charge in [0.1, 0.15) is 0 Å². The standard InChI is InChI=1S/C12H18/c1-6-7-8-11(4)9-12(5)10(2)3/h6-8,12H,1-2,4,9H2,3,5H3/b8-7-. The van der Waals surface area contributed by atoms with Crippen LogP contribution in [-0.2, 0) is 0 Å². The average molecular weight is 162 g/mol. The molecule has 0 N–H and O–H groups in total. The molecule has 0 nitrogen and oxygen atoms in total. The Morgan fingerprint density at radius 2 is 2.00 bits per heavy atom. The number of hydrogen-bond acceptors (Lipinski definition) is 0. The Kier molecular flexibility index (Phi) is 5.11. The normalized spacial score (nSPS) is 12.8. The highest BCUT2D eigenvalue weighted by Crippen LogP contribution is 2.17. The third-order valence-corrected chi connectivity index (χ3v) is 1.88. The second-order valence-electron chi connectivity index (χ2n) is 3.20. The lowest BCUT2D eigenvalue weighted by atomic mass is 9.96. The van der Waals surface area contributed by atoms with Crippen LogP contribution in [0.25, 0.3) is 0 Å². The van der Waals surface area contributed by atoms with Gasteiger partial charge in [0.2, 0.25) is 0 Å². The minimum Gasteiger partial charge on any atom is -0.0999 e. The third kappa shape index (κ3) is 4.73. The molecule has 0 saturated heterocycles. The Bertz CT molecular complexity index is 206. The first-order chi connectivity index (χ1) is 5.57. The van der Waals surface area contributed by atoms with Crippen LogP contribution < -0.4 is 0 Å². The fraction of sp³-hybridized carbons (Fsp3) is 0.333. The second-order valence-corrected chi connectivity index (χ2v) is 3.20. The minimum atomic E-state index is 0.520. The van der Waals surface area contributed by atoms with Gasteiger partial charge in [-0.15, -0.1) is 0 Å². The number of rotatable bonds is 5. The zero-order chi connectivity index (χ0) is 9.56. The Labute approximate surface area is 76.0 Å². The highest BCUT2D eigenvalue weighted by atomic mass is 14.1. The Hall–Kier alpha value is -1.04. The fourth-order valence-corrected chi connectivity index (χ4v) is 0.840. The average Bonchev–Trinajstić information content (AvgIpc) is 2.00. The molecule has 12 heavy (non-hydrogen) atoms. The Balaban J connectivity index is 3.92. The topological polar surface area (TPSA) is 0 Å². The van der Waals surface area contributed by atoms with Crippen molar-refractivity contribution in [3.63, 3.8) is 0 Å². The van der Waals surface area contributed by atoms with Crippen molar-refractivity contribution < 1.29 is 0 Å². The highest BCUT2D eigenvalue weighted by molar-refractivity contribution is 5.19. The third-order valence-electron chi connectivity index (χ3n) is 1.88. The molecule has 0 aliphatic rings. The van der Waals surface area contributed by atoms with Crippen molar-refractivity contribution in [2.24, 2.45) is 5.92 Å². The molecule has 0 aromatic heterocycles. The van der Waals surface area contributed by atoms with Gasteiger partial charge in [0.05, 0.1) is 0 Å². The molecule has 0 heterocycles. The van der Waals surface area contributed by atoms with Crippen LogP contribution >= 0.6 is 0 Å². The summed E-state index contributed by atoms with van der Waals surface area (Å²) in [6, 6.07) is 0. The lowest BCUT2D eigenvalue weighted by molar-refractivity contribution is 0.684. The lowest BCUT2D eigenvalue weighted by Gasteiger charge is -2.09. The summed E-state index contributed by atoms with van der Waals surface area (Å²) in [4.78, 5) is 0. The molecule has 0 aromatic rings. The molecule has 0 radical (unpaired) electrons. The van der Waals surface area contributed by atoms with Crippen molar-refractivity contribution in [1.29, 1.82) is 0 Å². The van der Waals surface area contributed by atoms with E-state index in [2.05, 4.69) is 33.6 Å². The van der Waals surface area contributed by atoms with Gasteiger partial charge in [-0.2, -0.15) is 0 Å². The van der Waals surface area contributed by atoms with Crippen LogP contribution in [0.4, 0.5) is 0 Å². The van der Waals surface area contributed by atoms with Gasteiger partial charge in [-0.3, -0.25) is 0 Å². The van der Waals surface area contributed by atoms with Crippen LogP contribution in [0.1, 0.15) is 20.3 Å². The molecule has 0 spiro atoms. The van der Waals surface area contributed by atoms with E-state index >= 15 is 0 Å². The summed E-state index contributed by atoms with van der Waals surface area (Å²) >= 11 is 0. The van der Waals surface area contributed by atoms with E-state index in [1.54, 1.807) is 6.08 Å². The molecule has 0 amide bonds. The second kappa shape index (κ2) is 5.59. The number of allylic oxidation sites excluding steroid dienone is 5. The first-order valence-electron chi connectivity index (χ1n) is 4.20. The molecule has 0 fully saturated rings. The van der Waals surface area contributed by atoms with Gasteiger partial charge >= 0.3 is 0 Å². The smallest absolute Gasteiger partial charge is 0.0197 e. The van der Waals surface area contributed by atoms with Crippen LogP contribution in [0.15, 0.2) is 49.1 Å². The van der Waals surface area contributed by atoms with E-state index in [1.807, 2.05) is 12.2 Å². The van der Waals surface area contributed by atoms with E-state index in [4.69, 9.17) is 0 Å². The van der Waals surface area contributed by atoms with Gasteiger partial charge in [-0.05, 0) is 19.3 Å². The van der Waals surface area contributed by atoms with E-state index in [0.29, 0.717) is 5.92 Å². The summed E-state index contributed by atoms with van der Waals surface area (Å²) in [6.07, 6.45) is 6.65. The van der Waals surface area contributed by atoms with Gasteiger partial charge < -0.3 is 0 Å². The maximum atomic E-state index is 3.94. The van der Waals surface area contributed by atoms with Gasteiger partial charge in [-0.25, -0.2) is 0 Å². The van der Waals surface area contributed by atoms with E-state index in [1.165, 1.54) is 5.57 Å². The minimum absolute atomic E-state index is 0.520. The zero-order valence-corrected chi connectivity index (χ0v) is 8.14. The van der Waals surface area contributed by atoms with E-state index in [9.17, 15) is 0 Å². The van der Waals surface area contributed by atoms with E-state index < -0.39 is 0 Å². The fourth-order valence-electron chi connectivity index (χ4n) is 0.840. The first-order valence-corrected chi connectivity index (χ1v) is 4.20. The molecular formula is C12H18. The molecule has 66 valence electrons. The molecule has 1 unspecified atom stereocenters. The van der Waals surface area contributed by atoms with Crippen molar-refractivity contribution >= 4 is 0 Å². The van der Waals surface area contributed by atoms with Crippen molar-refractivity contribution in [1.82, 2.24) is 0 Å². The molecule has 0 rings (SSSR count). The van der Waals surface area contributed by atoms with Crippen LogP contribution in [0.2, 0.25) is 0 Å². The van der Waals surface area contributed by atoms with Crippen molar-refractivity contribution in [2.45, 2.75) is 20.3 Å². The number of hydrogen-bond donors (Lipinski definition) is 0. The van der Waals surface area contributed by atoms with E-state index in [0.717, 1.165) is 12.0 Å².